The molecule has 120 valence electrons. The number of rotatable bonds is 5. The highest BCUT2D eigenvalue weighted by Crippen LogP contribution is 2.31. The number of hydrogen-bond acceptors (Lipinski definition) is 3. The van der Waals surface area contributed by atoms with E-state index in [9.17, 15) is 9.90 Å². The Hall–Kier alpha value is -2.04. The maximum Gasteiger partial charge on any atom is 0.223 e. The van der Waals surface area contributed by atoms with Crippen LogP contribution in [0.5, 0.6) is 5.75 Å². The molecule has 4 nitrogen and oxygen atoms in total. The number of nitrogens with one attached hydrogen (secondary N) is 1. The second-order valence-electron chi connectivity index (χ2n) is 5.57. The first-order valence-electron chi connectivity index (χ1n) is 7.57. The molecule has 23 heavy (non-hydrogen) atoms. The molecule has 2 aromatic rings. The fourth-order valence-electron chi connectivity index (χ4n) is 2.79. The minimum atomic E-state index is -0.575. The lowest BCUT2D eigenvalue weighted by Gasteiger charge is -2.18. The van der Waals surface area contributed by atoms with Crippen LogP contribution in [0.4, 0.5) is 0 Å². The first kappa shape index (κ1) is 15.8. The van der Waals surface area contributed by atoms with Gasteiger partial charge in [-0.15, -0.1) is 0 Å². The molecular weight excluding hydrogens is 314 g/mol. The van der Waals surface area contributed by atoms with Gasteiger partial charge in [0, 0.05) is 11.4 Å². The monoisotopic (exact) mass is 331 g/mol. The van der Waals surface area contributed by atoms with E-state index < -0.39 is 6.10 Å². The highest BCUT2D eigenvalue weighted by molar-refractivity contribution is 6.30. The Labute approximate surface area is 140 Å². The summed E-state index contributed by atoms with van der Waals surface area (Å²) in [5, 5.41) is 13.7. The van der Waals surface area contributed by atoms with Gasteiger partial charge in [-0.05, 0) is 35.4 Å². The van der Waals surface area contributed by atoms with Gasteiger partial charge in [-0.3, -0.25) is 4.79 Å². The number of benzene rings is 2. The number of amides is 1. The van der Waals surface area contributed by atoms with Crippen molar-refractivity contribution in [3.63, 3.8) is 0 Å². The molecule has 1 aliphatic carbocycles. The second-order valence-corrected chi connectivity index (χ2v) is 6.00. The summed E-state index contributed by atoms with van der Waals surface area (Å²) in [4.78, 5) is 12.1. The molecule has 0 saturated heterocycles. The average Bonchev–Trinajstić information content (AvgIpc) is 2.85. The highest BCUT2D eigenvalue weighted by Gasteiger charge is 2.31. The third-order valence-corrected chi connectivity index (χ3v) is 4.18. The maximum atomic E-state index is 12.1. The summed E-state index contributed by atoms with van der Waals surface area (Å²) in [6.45, 7) is 0.276. The summed E-state index contributed by atoms with van der Waals surface area (Å²) < 4.78 is 5.51. The number of ether oxygens (including phenoxy) is 1. The molecule has 1 amide bonds. The normalized spacial score (nSPS) is 19.2. The number of carbonyl (C=O) groups is 1. The molecule has 0 saturated carbocycles. The van der Waals surface area contributed by atoms with E-state index in [-0.39, 0.29) is 25.0 Å². The van der Waals surface area contributed by atoms with Gasteiger partial charge in [-0.25, -0.2) is 0 Å². The van der Waals surface area contributed by atoms with Crippen LogP contribution in [-0.4, -0.2) is 23.7 Å². The SMILES string of the molecule is O=C(CCOc1ccc(Cl)cc1)N[C@H]1c2ccccc2C[C@H]1O. The van der Waals surface area contributed by atoms with Gasteiger partial charge in [0.25, 0.3) is 0 Å². The summed E-state index contributed by atoms with van der Waals surface area (Å²) in [6.07, 6.45) is 0.227. The summed E-state index contributed by atoms with van der Waals surface area (Å²) in [5.41, 5.74) is 2.08. The van der Waals surface area contributed by atoms with Crippen molar-refractivity contribution in [1.29, 1.82) is 0 Å². The number of halogens is 1. The molecule has 3 rings (SSSR count). The topological polar surface area (TPSA) is 58.6 Å². The molecule has 0 spiro atoms. The molecule has 0 aliphatic heterocycles. The Morgan fingerprint density at radius 3 is 2.74 bits per heavy atom. The first-order valence-corrected chi connectivity index (χ1v) is 7.95. The smallest absolute Gasteiger partial charge is 0.223 e. The predicted octanol–water partition coefficient (Wildman–Crippen LogP) is 2.88. The van der Waals surface area contributed by atoms with Crippen LogP contribution in [0.1, 0.15) is 23.6 Å². The third-order valence-electron chi connectivity index (χ3n) is 3.93. The van der Waals surface area contributed by atoms with Gasteiger partial charge < -0.3 is 15.2 Å². The Balaban J connectivity index is 1.51. The zero-order valence-corrected chi connectivity index (χ0v) is 13.3. The van der Waals surface area contributed by atoms with E-state index in [0.29, 0.717) is 17.2 Å². The van der Waals surface area contributed by atoms with Crippen LogP contribution in [0, 0.1) is 0 Å². The van der Waals surface area contributed by atoms with Crippen LogP contribution >= 0.6 is 11.6 Å². The highest BCUT2D eigenvalue weighted by atomic mass is 35.5. The molecule has 2 aromatic carbocycles. The van der Waals surface area contributed by atoms with E-state index in [0.717, 1.165) is 11.1 Å². The lowest BCUT2D eigenvalue weighted by molar-refractivity contribution is -0.123. The summed E-state index contributed by atoms with van der Waals surface area (Å²) >= 11 is 5.80. The van der Waals surface area contributed by atoms with E-state index in [1.807, 2.05) is 24.3 Å². The third kappa shape index (κ3) is 3.84. The fourth-order valence-corrected chi connectivity index (χ4v) is 2.91. The molecular formula is C18H18ClNO3. The minimum Gasteiger partial charge on any atom is -0.493 e. The van der Waals surface area contributed by atoms with Crippen molar-refractivity contribution in [2.45, 2.75) is 25.0 Å². The number of hydrogen-bond donors (Lipinski definition) is 2. The molecule has 2 atom stereocenters. The predicted molar refractivity (Wildman–Crippen MR) is 88.6 cm³/mol. The molecule has 1 aliphatic rings. The van der Waals surface area contributed by atoms with Gasteiger partial charge >= 0.3 is 0 Å². The molecule has 0 heterocycles. The van der Waals surface area contributed by atoms with E-state index in [4.69, 9.17) is 16.3 Å². The van der Waals surface area contributed by atoms with Crippen molar-refractivity contribution < 1.29 is 14.6 Å². The van der Waals surface area contributed by atoms with Crippen LogP contribution in [0.3, 0.4) is 0 Å². The largest absolute Gasteiger partial charge is 0.493 e. The number of carbonyl (C=O) groups excluding carboxylic acids is 1. The zero-order chi connectivity index (χ0) is 16.2. The molecule has 0 unspecified atom stereocenters. The van der Waals surface area contributed by atoms with Crippen LogP contribution in [0.15, 0.2) is 48.5 Å². The number of aliphatic hydroxyl groups excluding tert-OH is 1. The second kappa shape index (κ2) is 7.02. The molecule has 0 aromatic heterocycles. The van der Waals surface area contributed by atoms with Gasteiger partial charge in [-0.1, -0.05) is 35.9 Å². The summed E-state index contributed by atoms with van der Waals surface area (Å²) in [6, 6.07) is 14.4. The molecule has 0 bridgehead atoms. The lowest BCUT2D eigenvalue weighted by Crippen LogP contribution is -2.34. The van der Waals surface area contributed by atoms with Gasteiger partial charge in [0.2, 0.25) is 5.91 Å². The Bertz CT molecular complexity index is 687. The van der Waals surface area contributed by atoms with E-state index in [1.165, 1.54) is 0 Å². The van der Waals surface area contributed by atoms with Crippen molar-refractivity contribution >= 4 is 17.5 Å². The Morgan fingerprint density at radius 1 is 1.22 bits per heavy atom. The summed E-state index contributed by atoms with van der Waals surface area (Å²) in [5.74, 6) is 0.535. The Kier molecular flexibility index (Phi) is 4.84. The lowest BCUT2D eigenvalue weighted by atomic mass is 10.1. The van der Waals surface area contributed by atoms with Crippen molar-refractivity contribution in [3.05, 3.63) is 64.7 Å². The first-order chi connectivity index (χ1) is 11.1. The minimum absolute atomic E-state index is 0.139. The molecule has 5 heteroatoms. The molecule has 0 radical (unpaired) electrons. The van der Waals surface area contributed by atoms with Gasteiger partial charge in [-0.2, -0.15) is 0 Å². The van der Waals surface area contributed by atoms with Crippen LogP contribution in [0.2, 0.25) is 5.02 Å². The zero-order valence-electron chi connectivity index (χ0n) is 12.5. The van der Waals surface area contributed by atoms with Gasteiger partial charge in [0.15, 0.2) is 0 Å². The quantitative estimate of drug-likeness (QED) is 0.885. The number of aliphatic hydroxyl groups is 1. The van der Waals surface area contributed by atoms with E-state index >= 15 is 0 Å². The summed E-state index contributed by atoms with van der Waals surface area (Å²) in [7, 11) is 0. The maximum absolute atomic E-state index is 12.1. The van der Waals surface area contributed by atoms with Crippen molar-refractivity contribution in [1.82, 2.24) is 5.32 Å². The standard InChI is InChI=1S/C18H18ClNO3/c19-13-5-7-14(8-6-13)23-10-9-17(22)20-18-15-4-2-1-3-12(15)11-16(18)21/h1-8,16,18,21H,9-11H2,(H,20,22)/t16-,18+/m1/s1. The van der Waals surface area contributed by atoms with Crippen LogP contribution in [-0.2, 0) is 11.2 Å². The van der Waals surface area contributed by atoms with Crippen molar-refractivity contribution in [3.8, 4) is 5.75 Å². The average molecular weight is 332 g/mol. The molecule has 0 fully saturated rings. The van der Waals surface area contributed by atoms with Gasteiger partial charge in [0.05, 0.1) is 25.2 Å². The fraction of sp³-hybridized carbons (Fsp3) is 0.278. The Morgan fingerprint density at radius 2 is 1.96 bits per heavy atom. The van der Waals surface area contributed by atoms with E-state index in [2.05, 4.69) is 5.32 Å². The van der Waals surface area contributed by atoms with Crippen LogP contribution in [0.25, 0.3) is 0 Å². The van der Waals surface area contributed by atoms with Crippen molar-refractivity contribution in [2.24, 2.45) is 0 Å². The molecule has 2 N–H and O–H groups in total. The number of fused-ring (bicyclic) bond motifs is 1. The van der Waals surface area contributed by atoms with E-state index in [1.54, 1.807) is 24.3 Å². The van der Waals surface area contributed by atoms with Crippen LogP contribution < -0.4 is 10.1 Å². The van der Waals surface area contributed by atoms with Gasteiger partial charge in [0.1, 0.15) is 5.75 Å². The van der Waals surface area contributed by atoms with Crippen molar-refractivity contribution in [2.75, 3.05) is 6.61 Å².